The van der Waals surface area contributed by atoms with Crippen molar-refractivity contribution in [3.05, 3.63) is 125 Å². The van der Waals surface area contributed by atoms with Crippen molar-refractivity contribution in [1.29, 1.82) is 0 Å². The van der Waals surface area contributed by atoms with E-state index in [1.54, 1.807) is 18.6 Å². The fraction of sp³-hybridized carbons (Fsp3) is 0.200. The minimum absolute atomic E-state index is 0.225. The Kier molecular flexibility index (Phi) is 9.83. The van der Waals surface area contributed by atoms with Crippen LogP contribution in [-0.2, 0) is 19.3 Å². The number of rotatable bonds is 12. The molecule has 3 amide bonds. The van der Waals surface area contributed by atoms with Crippen LogP contribution in [0.4, 0.5) is 0 Å². The number of nitrogens with one attached hydrogen (secondary N) is 3. The maximum atomic E-state index is 13.0. The van der Waals surface area contributed by atoms with Gasteiger partial charge in [-0.2, -0.15) is 0 Å². The standard InChI is InChI=1S/C30H30N6O3/c37-28(34-16-10-25-7-1-4-13-31-25)22-19-23(29(38)35-17-11-26-8-2-5-14-32-26)21-24(20-22)30(39)36-18-12-27-9-3-6-15-33-27/h1-9,13-15,19-21H,10-12,16-18H2,(H,34,37)(H,35,38)(H,36,39). The molecule has 39 heavy (non-hydrogen) atoms. The zero-order valence-corrected chi connectivity index (χ0v) is 21.5. The number of nitrogens with zero attached hydrogens (tertiary/aromatic N) is 3. The summed E-state index contributed by atoms with van der Waals surface area (Å²) in [7, 11) is 0. The van der Waals surface area contributed by atoms with E-state index in [4.69, 9.17) is 0 Å². The molecule has 0 saturated carbocycles. The second-order valence-electron chi connectivity index (χ2n) is 8.78. The van der Waals surface area contributed by atoms with Crippen molar-refractivity contribution in [3.63, 3.8) is 0 Å². The first-order chi connectivity index (χ1) is 19.1. The lowest BCUT2D eigenvalue weighted by Gasteiger charge is -2.12. The van der Waals surface area contributed by atoms with Gasteiger partial charge in [-0.25, -0.2) is 0 Å². The molecule has 1 aromatic carbocycles. The highest BCUT2D eigenvalue weighted by Crippen LogP contribution is 2.12. The Labute approximate surface area is 227 Å². The van der Waals surface area contributed by atoms with Crippen molar-refractivity contribution in [2.24, 2.45) is 0 Å². The molecule has 9 nitrogen and oxygen atoms in total. The van der Waals surface area contributed by atoms with Gasteiger partial charge in [0, 0.05) is 91.3 Å². The van der Waals surface area contributed by atoms with E-state index >= 15 is 0 Å². The number of carbonyl (C=O) groups is 3. The van der Waals surface area contributed by atoms with Crippen LogP contribution in [0.25, 0.3) is 0 Å². The lowest BCUT2D eigenvalue weighted by Crippen LogP contribution is -2.30. The van der Waals surface area contributed by atoms with Gasteiger partial charge in [0.05, 0.1) is 0 Å². The summed E-state index contributed by atoms with van der Waals surface area (Å²) in [6, 6.07) is 21.3. The fourth-order valence-electron chi connectivity index (χ4n) is 3.88. The summed E-state index contributed by atoms with van der Waals surface area (Å²) in [5.41, 5.74) is 3.24. The van der Waals surface area contributed by atoms with Crippen molar-refractivity contribution in [3.8, 4) is 0 Å². The Hall–Kier alpha value is -4.92. The summed E-state index contributed by atoms with van der Waals surface area (Å²) in [6.45, 7) is 1.09. The molecule has 9 heteroatoms. The number of pyridine rings is 3. The Bertz CT molecular complexity index is 1200. The first kappa shape index (κ1) is 27.1. The Morgan fingerprint density at radius 2 is 0.795 bits per heavy atom. The molecule has 0 aliphatic rings. The van der Waals surface area contributed by atoms with Crippen LogP contribution in [0.2, 0.25) is 0 Å². The van der Waals surface area contributed by atoms with Crippen LogP contribution in [0.5, 0.6) is 0 Å². The van der Waals surface area contributed by atoms with Gasteiger partial charge in [0.25, 0.3) is 17.7 Å². The molecular weight excluding hydrogens is 492 g/mol. The average Bonchev–Trinajstić information content (AvgIpc) is 2.98. The number of carbonyl (C=O) groups excluding carboxylic acids is 3. The topological polar surface area (TPSA) is 126 Å². The molecule has 0 fully saturated rings. The van der Waals surface area contributed by atoms with Crippen molar-refractivity contribution >= 4 is 17.7 Å². The predicted molar refractivity (Wildman–Crippen MR) is 147 cm³/mol. The highest BCUT2D eigenvalue weighted by atomic mass is 16.2. The van der Waals surface area contributed by atoms with Crippen LogP contribution in [0, 0.1) is 0 Å². The number of amides is 3. The molecule has 0 saturated heterocycles. The second kappa shape index (κ2) is 14.1. The highest BCUT2D eigenvalue weighted by Gasteiger charge is 2.16. The van der Waals surface area contributed by atoms with Crippen molar-refractivity contribution in [1.82, 2.24) is 30.9 Å². The molecule has 4 aromatic rings. The molecule has 3 heterocycles. The summed E-state index contributed by atoms with van der Waals surface area (Å²) < 4.78 is 0. The molecule has 0 unspecified atom stereocenters. The maximum absolute atomic E-state index is 13.0. The van der Waals surface area contributed by atoms with Gasteiger partial charge in [0.15, 0.2) is 0 Å². The molecule has 0 spiro atoms. The number of hydrogen-bond donors (Lipinski definition) is 3. The molecule has 0 aliphatic heterocycles. The summed E-state index contributed by atoms with van der Waals surface area (Å²) in [5, 5.41) is 8.55. The summed E-state index contributed by atoms with van der Waals surface area (Å²) >= 11 is 0. The summed E-state index contributed by atoms with van der Waals surface area (Å²) in [5.74, 6) is -1.13. The zero-order valence-electron chi connectivity index (χ0n) is 21.5. The molecular formula is C30H30N6O3. The molecule has 0 radical (unpaired) electrons. The third-order valence-electron chi connectivity index (χ3n) is 5.90. The van der Waals surface area contributed by atoms with Crippen molar-refractivity contribution in [2.45, 2.75) is 19.3 Å². The van der Waals surface area contributed by atoms with Gasteiger partial charge in [-0.1, -0.05) is 18.2 Å². The lowest BCUT2D eigenvalue weighted by molar-refractivity contribution is 0.0953. The molecule has 4 rings (SSSR count). The van der Waals surface area contributed by atoms with E-state index in [0.717, 1.165) is 17.1 Å². The molecule has 198 valence electrons. The Morgan fingerprint density at radius 1 is 0.487 bits per heavy atom. The number of aromatic nitrogens is 3. The molecule has 3 N–H and O–H groups in total. The van der Waals surface area contributed by atoms with Gasteiger partial charge in [0.1, 0.15) is 0 Å². The van der Waals surface area contributed by atoms with E-state index in [9.17, 15) is 14.4 Å². The first-order valence-electron chi connectivity index (χ1n) is 12.8. The average molecular weight is 523 g/mol. The summed E-state index contributed by atoms with van der Waals surface area (Å²) in [4.78, 5) is 51.7. The van der Waals surface area contributed by atoms with Crippen molar-refractivity contribution < 1.29 is 14.4 Å². The third-order valence-corrected chi connectivity index (χ3v) is 5.90. The minimum atomic E-state index is -0.378. The largest absolute Gasteiger partial charge is 0.352 e. The van der Waals surface area contributed by atoms with Crippen LogP contribution in [0.3, 0.4) is 0 Å². The van der Waals surface area contributed by atoms with E-state index in [2.05, 4.69) is 30.9 Å². The van der Waals surface area contributed by atoms with E-state index < -0.39 is 0 Å². The Morgan fingerprint density at radius 3 is 1.05 bits per heavy atom. The van der Waals surface area contributed by atoms with Crippen LogP contribution < -0.4 is 16.0 Å². The number of benzene rings is 1. The van der Waals surface area contributed by atoms with E-state index in [1.807, 2.05) is 54.6 Å². The number of hydrogen-bond acceptors (Lipinski definition) is 6. The van der Waals surface area contributed by atoms with Gasteiger partial charge >= 0.3 is 0 Å². The quantitative estimate of drug-likeness (QED) is 0.263. The maximum Gasteiger partial charge on any atom is 0.251 e. The van der Waals surface area contributed by atoms with Crippen LogP contribution in [-0.4, -0.2) is 52.3 Å². The smallest absolute Gasteiger partial charge is 0.251 e. The summed E-state index contributed by atoms with van der Waals surface area (Å²) in [6.07, 6.45) is 6.77. The van der Waals surface area contributed by atoms with E-state index in [-0.39, 0.29) is 34.4 Å². The van der Waals surface area contributed by atoms with Crippen LogP contribution in [0.15, 0.2) is 91.4 Å². The molecule has 0 bridgehead atoms. The van der Waals surface area contributed by atoms with Crippen LogP contribution in [0.1, 0.15) is 48.2 Å². The molecule has 0 atom stereocenters. The van der Waals surface area contributed by atoms with Crippen LogP contribution >= 0.6 is 0 Å². The van der Waals surface area contributed by atoms with Crippen molar-refractivity contribution in [2.75, 3.05) is 19.6 Å². The minimum Gasteiger partial charge on any atom is -0.352 e. The second-order valence-corrected chi connectivity index (χ2v) is 8.78. The lowest BCUT2D eigenvalue weighted by atomic mass is 10.0. The van der Waals surface area contributed by atoms with Gasteiger partial charge in [-0.15, -0.1) is 0 Å². The van der Waals surface area contributed by atoms with Gasteiger partial charge < -0.3 is 16.0 Å². The zero-order chi connectivity index (χ0) is 27.3. The van der Waals surface area contributed by atoms with Gasteiger partial charge in [-0.05, 0) is 54.6 Å². The SMILES string of the molecule is O=C(NCCc1ccccn1)c1cc(C(=O)NCCc2ccccn2)cc(C(=O)NCCc2ccccn2)c1. The van der Waals surface area contributed by atoms with E-state index in [1.165, 1.54) is 18.2 Å². The predicted octanol–water partition coefficient (Wildman–Crippen LogP) is 2.79. The highest BCUT2D eigenvalue weighted by molar-refractivity contribution is 6.04. The normalized spacial score (nSPS) is 10.5. The van der Waals surface area contributed by atoms with Gasteiger partial charge in [-0.3, -0.25) is 29.3 Å². The van der Waals surface area contributed by atoms with Gasteiger partial charge in [0.2, 0.25) is 0 Å². The molecule has 0 aliphatic carbocycles. The molecule has 3 aromatic heterocycles. The first-order valence-corrected chi connectivity index (χ1v) is 12.8. The monoisotopic (exact) mass is 522 g/mol. The Balaban J connectivity index is 1.43. The third kappa shape index (κ3) is 8.57. The van der Waals surface area contributed by atoms with E-state index in [0.29, 0.717) is 38.9 Å². The fourth-order valence-corrected chi connectivity index (χ4v) is 3.88.